The van der Waals surface area contributed by atoms with Gasteiger partial charge in [-0.25, -0.2) is 0 Å². The molecule has 1 atom stereocenters. The number of nitrogens with one attached hydrogen (secondary N) is 1. The highest BCUT2D eigenvalue weighted by Crippen LogP contribution is 2.19. The number of hydrogen-bond donors (Lipinski definition) is 1. The first-order valence-corrected chi connectivity index (χ1v) is 6.25. The van der Waals surface area contributed by atoms with Gasteiger partial charge in [0.15, 0.2) is 5.60 Å². The molecule has 0 bridgehead atoms. The third kappa shape index (κ3) is 2.49. The quantitative estimate of drug-likeness (QED) is 0.819. The van der Waals surface area contributed by atoms with Gasteiger partial charge in [0.2, 0.25) is 0 Å². The minimum Gasteiger partial charge on any atom is -0.362 e. The van der Waals surface area contributed by atoms with Crippen molar-refractivity contribution >= 4 is 11.8 Å². The van der Waals surface area contributed by atoms with Crippen LogP contribution in [-0.4, -0.2) is 53.6 Å². The van der Waals surface area contributed by atoms with Gasteiger partial charge in [0.05, 0.1) is 13.2 Å². The number of aromatic nitrogens is 1. The number of morpholine rings is 1. The minimum absolute atomic E-state index is 0.0778. The molecule has 2 amide bonds. The Morgan fingerprint density at radius 2 is 2.21 bits per heavy atom. The van der Waals surface area contributed by atoms with E-state index in [0.29, 0.717) is 18.8 Å². The fourth-order valence-electron chi connectivity index (χ4n) is 2.29. The lowest BCUT2D eigenvalue weighted by Gasteiger charge is -2.39. The van der Waals surface area contributed by atoms with Gasteiger partial charge in [-0.05, 0) is 19.1 Å². The van der Waals surface area contributed by atoms with Gasteiger partial charge in [0.25, 0.3) is 11.8 Å². The largest absolute Gasteiger partial charge is 0.362 e. The van der Waals surface area contributed by atoms with Crippen molar-refractivity contribution in [3.8, 4) is 0 Å². The van der Waals surface area contributed by atoms with Crippen LogP contribution >= 0.6 is 0 Å². The lowest BCUT2D eigenvalue weighted by atomic mass is 10.0. The summed E-state index contributed by atoms with van der Waals surface area (Å²) in [4.78, 5) is 25.9. The smallest absolute Gasteiger partial charge is 0.270 e. The summed E-state index contributed by atoms with van der Waals surface area (Å²) in [5.74, 6) is -0.289. The standard InChI is InChI=1S/C13H19N3O3/c1-13(12(18)14-2)9-16(7-8-19-13)11(17)10-5-4-6-15(10)3/h4-6H,7-9H2,1-3H3,(H,14,18)/t13-/m1/s1. The Hall–Kier alpha value is -1.82. The van der Waals surface area contributed by atoms with Crippen LogP contribution in [0, 0.1) is 0 Å². The maximum absolute atomic E-state index is 12.4. The van der Waals surface area contributed by atoms with Crippen LogP contribution in [0.2, 0.25) is 0 Å². The Kier molecular flexibility index (Phi) is 3.61. The van der Waals surface area contributed by atoms with E-state index in [0.717, 1.165) is 0 Å². The molecule has 6 nitrogen and oxygen atoms in total. The molecule has 0 saturated carbocycles. The summed E-state index contributed by atoms with van der Waals surface area (Å²) >= 11 is 0. The average molecular weight is 265 g/mol. The topological polar surface area (TPSA) is 63.6 Å². The van der Waals surface area contributed by atoms with Crippen LogP contribution in [0.1, 0.15) is 17.4 Å². The van der Waals surface area contributed by atoms with Crippen molar-refractivity contribution in [1.29, 1.82) is 0 Å². The van der Waals surface area contributed by atoms with Crippen molar-refractivity contribution in [1.82, 2.24) is 14.8 Å². The molecule has 1 aliphatic rings. The van der Waals surface area contributed by atoms with E-state index in [1.54, 1.807) is 29.5 Å². The Labute approximate surface area is 112 Å². The predicted octanol–water partition coefficient (Wildman–Crippen LogP) is 0.00220. The second-order valence-electron chi connectivity index (χ2n) is 4.89. The Morgan fingerprint density at radius 3 is 2.79 bits per heavy atom. The third-order valence-electron chi connectivity index (χ3n) is 3.43. The van der Waals surface area contributed by atoms with Crippen LogP contribution in [0.5, 0.6) is 0 Å². The third-order valence-corrected chi connectivity index (χ3v) is 3.43. The second-order valence-corrected chi connectivity index (χ2v) is 4.89. The van der Waals surface area contributed by atoms with E-state index >= 15 is 0 Å². The maximum atomic E-state index is 12.4. The Morgan fingerprint density at radius 1 is 1.47 bits per heavy atom. The van der Waals surface area contributed by atoms with Crippen LogP contribution in [0.15, 0.2) is 18.3 Å². The summed E-state index contributed by atoms with van der Waals surface area (Å²) in [6.45, 7) is 2.82. The van der Waals surface area contributed by atoms with Gasteiger partial charge in [-0.2, -0.15) is 0 Å². The van der Waals surface area contributed by atoms with E-state index in [-0.39, 0.29) is 18.4 Å². The average Bonchev–Trinajstić information content (AvgIpc) is 2.83. The van der Waals surface area contributed by atoms with Gasteiger partial charge in [0.1, 0.15) is 5.69 Å². The van der Waals surface area contributed by atoms with Gasteiger partial charge in [0, 0.05) is 26.8 Å². The lowest BCUT2D eigenvalue weighted by molar-refractivity contribution is -0.153. The number of ether oxygens (including phenoxy) is 1. The highest BCUT2D eigenvalue weighted by molar-refractivity contribution is 5.94. The monoisotopic (exact) mass is 265 g/mol. The number of hydrogen-bond acceptors (Lipinski definition) is 3. The Bertz CT molecular complexity index is 497. The Balaban J connectivity index is 2.16. The number of likely N-dealkylation sites (N-methyl/N-ethyl adjacent to an activating group) is 1. The molecule has 1 aliphatic heterocycles. The maximum Gasteiger partial charge on any atom is 0.270 e. The summed E-state index contributed by atoms with van der Waals surface area (Å²) in [6, 6.07) is 3.60. The fraction of sp³-hybridized carbons (Fsp3) is 0.538. The van der Waals surface area contributed by atoms with Crippen LogP contribution in [0.3, 0.4) is 0 Å². The molecule has 0 unspecified atom stereocenters. The molecule has 1 aromatic heterocycles. The highest BCUT2D eigenvalue weighted by atomic mass is 16.5. The van der Waals surface area contributed by atoms with E-state index in [4.69, 9.17) is 4.74 Å². The molecule has 1 fully saturated rings. The summed E-state index contributed by atoms with van der Waals surface area (Å²) in [6.07, 6.45) is 1.83. The fourth-order valence-corrected chi connectivity index (χ4v) is 2.29. The minimum atomic E-state index is -0.978. The van der Waals surface area contributed by atoms with Crippen molar-refractivity contribution in [2.45, 2.75) is 12.5 Å². The van der Waals surface area contributed by atoms with E-state index in [1.807, 2.05) is 19.3 Å². The van der Waals surface area contributed by atoms with Crippen LogP contribution in [-0.2, 0) is 16.6 Å². The van der Waals surface area contributed by atoms with Gasteiger partial charge in [-0.3, -0.25) is 9.59 Å². The molecule has 19 heavy (non-hydrogen) atoms. The summed E-state index contributed by atoms with van der Waals surface area (Å²) < 4.78 is 7.31. The summed E-state index contributed by atoms with van der Waals surface area (Å²) in [5.41, 5.74) is -0.366. The van der Waals surface area contributed by atoms with Crippen LogP contribution in [0.4, 0.5) is 0 Å². The number of carbonyl (C=O) groups excluding carboxylic acids is 2. The number of aryl methyl sites for hydroxylation is 1. The first-order valence-electron chi connectivity index (χ1n) is 6.25. The molecule has 0 aliphatic carbocycles. The lowest BCUT2D eigenvalue weighted by Crippen LogP contribution is -2.59. The molecular weight excluding hydrogens is 246 g/mol. The van der Waals surface area contributed by atoms with Gasteiger partial charge < -0.3 is 19.5 Å². The molecule has 1 saturated heterocycles. The molecule has 0 radical (unpaired) electrons. The van der Waals surface area contributed by atoms with E-state index in [9.17, 15) is 9.59 Å². The van der Waals surface area contributed by atoms with E-state index in [2.05, 4.69) is 5.32 Å². The predicted molar refractivity (Wildman–Crippen MR) is 69.7 cm³/mol. The molecule has 0 aromatic carbocycles. The van der Waals surface area contributed by atoms with E-state index < -0.39 is 5.60 Å². The van der Waals surface area contributed by atoms with Crippen molar-refractivity contribution in [2.75, 3.05) is 26.7 Å². The van der Waals surface area contributed by atoms with Crippen molar-refractivity contribution in [2.24, 2.45) is 7.05 Å². The zero-order valence-electron chi connectivity index (χ0n) is 11.5. The van der Waals surface area contributed by atoms with Crippen molar-refractivity contribution in [3.63, 3.8) is 0 Å². The van der Waals surface area contributed by atoms with Gasteiger partial charge >= 0.3 is 0 Å². The molecule has 104 valence electrons. The number of carbonyl (C=O) groups is 2. The van der Waals surface area contributed by atoms with Gasteiger partial charge in [-0.1, -0.05) is 0 Å². The molecule has 2 rings (SSSR count). The molecule has 6 heteroatoms. The first-order chi connectivity index (χ1) is 8.98. The zero-order chi connectivity index (χ0) is 14.0. The highest BCUT2D eigenvalue weighted by Gasteiger charge is 2.40. The molecule has 1 aromatic rings. The molecule has 1 N–H and O–H groups in total. The van der Waals surface area contributed by atoms with Crippen molar-refractivity contribution < 1.29 is 14.3 Å². The van der Waals surface area contributed by atoms with Gasteiger partial charge in [-0.15, -0.1) is 0 Å². The molecular formula is C13H19N3O3. The molecule has 2 heterocycles. The number of amides is 2. The number of rotatable bonds is 2. The van der Waals surface area contributed by atoms with Crippen LogP contribution in [0.25, 0.3) is 0 Å². The SMILES string of the molecule is CNC(=O)[C@@]1(C)CN(C(=O)c2cccn2C)CCO1. The van der Waals surface area contributed by atoms with Crippen molar-refractivity contribution in [3.05, 3.63) is 24.0 Å². The summed E-state index contributed by atoms with van der Waals surface area (Å²) in [5, 5.41) is 2.57. The first kappa shape index (κ1) is 13.6. The second kappa shape index (κ2) is 5.05. The van der Waals surface area contributed by atoms with E-state index in [1.165, 1.54) is 0 Å². The summed E-state index contributed by atoms with van der Waals surface area (Å²) in [7, 11) is 3.39. The number of nitrogens with zero attached hydrogens (tertiary/aromatic N) is 2. The van der Waals surface area contributed by atoms with Crippen LogP contribution < -0.4 is 5.32 Å². The zero-order valence-corrected chi connectivity index (χ0v) is 11.5. The normalized spacial score (nSPS) is 23.2. The molecule has 0 spiro atoms.